The fourth-order valence-electron chi connectivity index (χ4n) is 2.37. The molecule has 0 aliphatic heterocycles. The maximum atomic E-state index is 12.1. The highest BCUT2D eigenvalue weighted by Gasteiger charge is 2.15. The van der Waals surface area contributed by atoms with Crippen LogP contribution in [0.15, 0.2) is 48.5 Å². The van der Waals surface area contributed by atoms with Crippen molar-refractivity contribution in [1.82, 2.24) is 5.32 Å². The van der Waals surface area contributed by atoms with Crippen LogP contribution in [0.1, 0.15) is 26.3 Å². The molecule has 0 heterocycles. The molecule has 3 amide bonds. The lowest BCUT2D eigenvalue weighted by Crippen LogP contribution is -2.33. The van der Waals surface area contributed by atoms with Crippen LogP contribution in [0.5, 0.6) is 5.75 Å². The zero-order valence-corrected chi connectivity index (χ0v) is 16.7. The fraction of sp³-hybridized carbons (Fsp3) is 0.333. The number of nitrogens with one attached hydrogen (secondary N) is 3. The summed E-state index contributed by atoms with van der Waals surface area (Å²) in [4.78, 5) is 23.7. The van der Waals surface area contributed by atoms with E-state index >= 15 is 0 Å². The number of benzene rings is 2. The Bertz CT molecular complexity index is 798. The maximum absolute atomic E-state index is 12.1. The molecular weight excluding hydrogens is 358 g/mol. The van der Waals surface area contributed by atoms with E-state index in [1.807, 2.05) is 45.0 Å². The summed E-state index contributed by atoms with van der Waals surface area (Å²) in [5.74, 6) is 0.669. The minimum atomic E-state index is -0.511. The van der Waals surface area contributed by atoms with Crippen molar-refractivity contribution >= 4 is 23.5 Å². The SMILES string of the molecule is COc1cccc(NC(=O)Nc2ccc(CCNC(=O)OC(C)(C)C)cc2)c1. The summed E-state index contributed by atoms with van der Waals surface area (Å²) in [6.07, 6.45) is 0.232. The van der Waals surface area contributed by atoms with Crippen molar-refractivity contribution in [1.29, 1.82) is 0 Å². The molecule has 2 aromatic rings. The van der Waals surface area contributed by atoms with Crippen LogP contribution < -0.4 is 20.7 Å². The Labute approximate surface area is 165 Å². The monoisotopic (exact) mass is 385 g/mol. The third-order valence-corrected chi connectivity index (χ3v) is 3.62. The highest BCUT2D eigenvalue weighted by atomic mass is 16.6. The number of urea groups is 1. The number of hydrogen-bond donors (Lipinski definition) is 3. The molecule has 150 valence electrons. The third-order valence-electron chi connectivity index (χ3n) is 3.62. The largest absolute Gasteiger partial charge is 0.497 e. The lowest BCUT2D eigenvalue weighted by Gasteiger charge is -2.19. The van der Waals surface area contributed by atoms with Crippen LogP contribution >= 0.6 is 0 Å². The Kier molecular flexibility index (Phi) is 7.26. The van der Waals surface area contributed by atoms with Crippen molar-refractivity contribution in [3.8, 4) is 5.75 Å². The number of methoxy groups -OCH3 is 1. The molecule has 2 rings (SSSR count). The van der Waals surface area contributed by atoms with Gasteiger partial charge in [0.2, 0.25) is 0 Å². The van der Waals surface area contributed by atoms with Crippen molar-refractivity contribution in [3.05, 3.63) is 54.1 Å². The van der Waals surface area contributed by atoms with Gasteiger partial charge in [-0.25, -0.2) is 9.59 Å². The van der Waals surface area contributed by atoms with Crippen LogP contribution in [-0.4, -0.2) is 31.4 Å². The Morgan fingerprint density at radius 1 is 0.964 bits per heavy atom. The second kappa shape index (κ2) is 9.64. The lowest BCUT2D eigenvalue weighted by atomic mass is 10.1. The van der Waals surface area contributed by atoms with Gasteiger partial charge < -0.3 is 25.4 Å². The van der Waals surface area contributed by atoms with Gasteiger partial charge in [-0.05, 0) is 57.0 Å². The second-order valence-corrected chi connectivity index (χ2v) is 7.19. The summed E-state index contributed by atoms with van der Waals surface area (Å²) in [5, 5.41) is 8.25. The number of carbonyl (C=O) groups is 2. The zero-order valence-electron chi connectivity index (χ0n) is 16.7. The average Bonchev–Trinajstić information content (AvgIpc) is 2.62. The Hall–Kier alpha value is -3.22. The van der Waals surface area contributed by atoms with E-state index in [4.69, 9.17) is 9.47 Å². The Morgan fingerprint density at radius 2 is 1.64 bits per heavy atom. The minimum Gasteiger partial charge on any atom is -0.497 e. The quantitative estimate of drug-likeness (QED) is 0.687. The van der Waals surface area contributed by atoms with Crippen LogP contribution in [0.4, 0.5) is 21.0 Å². The van der Waals surface area contributed by atoms with E-state index in [-0.39, 0.29) is 6.03 Å². The van der Waals surface area contributed by atoms with E-state index in [2.05, 4.69) is 16.0 Å². The normalized spacial score (nSPS) is 10.7. The first-order valence-electron chi connectivity index (χ1n) is 9.03. The summed E-state index contributed by atoms with van der Waals surface area (Å²) >= 11 is 0. The van der Waals surface area contributed by atoms with Gasteiger partial charge in [0.1, 0.15) is 11.4 Å². The van der Waals surface area contributed by atoms with Crippen molar-refractivity contribution in [2.24, 2.45) is 0 Å². The van der Waals surface area contributed by atoms with Crippen LogP contribution in [0.3, 0.4) is 0 Å². The number of rotatable bonds is 6. The lowest BCUT2D eigenvalue weighted by molar-refractivity contribution is 0.0528. The Balaban J connectivity index is 1.78. The van der Waals surface area contributed by atoms with E-state index in [9.17, 15) is 9.59 Å². The molecule has 0 bridgehead atoms. The second-order valence-electron chi connectivity index (χ2n) is 7.19. The van der Waals surface area contributed by atoms with E-state index in [0.29, 0.717) is 30.1 Å². The molecule has 0 aliphatic rings. The number of anilines is 2. The van der Waals surface area contributed by atoms with Crippen LogP contribution in [0.25, 0.3) is 0 Å². The standard InChI is InChI=1S/C21H27N3O4/c1-21(2,3)28-20(26)22-13-12-15-8-10-16(11-9-15)23-19(25)24-17-6-5-7-18(14-17)27-4/h5-11,14H,12-13H2,1-4H3,(H,22,26)(H2,23,24,25). The molecule has 7 nitrogen and oxygen atoms in total. The summed E-state index contributed by atoms with van der Waals surface area (Å²) in [6, 6.07) is 14.2. The summed E-state index contributed by atoms with van der Waals surface area (Å²) in [7, 11) is 1.57. The molecule has 0 saturated heterocycles. The first-order valence-corrected chi connectivity index (χ1v) is 9.03. The molecular formula is C21H27N3O4. The molecule has 0 atom stereocenters. The predicted molar refractivity (Wildman–Crippen MR) is 110 cm³/mol. The molecule has 0 spiro atoms. The van der Waals surface area contributed by atoms with Crippen molar-refractivity contribution < 1.29 is 19.1 Å². The topological polar surface area (TPSA) is 88.7 Å². The third kappa shape index (κ3) is 7.57. The number of amides is 3. The van der Waals surface area contributed by atoms with Gasteiger partial charge in [-0.15, -0.1) is 0 Å². The first kappa shape index (κ1) is 21.1. The predicted octanol–water partition coefficient (Wildman–Crippen LogP) is 4.41. The zero-order chi connectivity index (χ0) is 20.6. The van der Waals surface area contributed by atoms with Crippen LogP contribution in [0, 0.1) is 0 Å². The molecule has 28 heavy (non-hydrogen) atoms. The van der Waals surface area contributed by atoms with Gasteiger partial charge in [-0.2, -0.15) is 0 Å². The van der Waals surface area contributed by atoms with E-state index in [1.54, 1.807) is 31.4 Å². The molecule has 3 N–H and O–H groups in total. The number of ether oxygens (including phenoxy) is 2. The molecule has 0 aliphatic carbocycles. The number of alkyl carbamates (subject to hydrolysis) is 1. The molecule has 7 heteroatoms. The van der Waals surface area contributed by atoms with Crippen molar-refractivity contribution in [3.63, 3.8) is 0 Å². The maximum Gasteiger partial charge on any atom is 0.407 e. The molecule has 0 fully saturated rings. The van der Waals surface area contributed by atoms with E-state index in [0.717, 1.165) is 5.56 Å². The Morgan fingerprint density at radius 3 is 2.29 bits per heavy atom. The van der Waals surface area contributed by atoms with Gasteiger partial charge in [-0.3, -0.25) is 0 Å². The molecule has 0 radical (unpaired) electrons. The summed E-state index contributed by atoms with van der Waals surface area (Å²) < 4.78 is 10.3. The van der Waals surface area contributed by atoms with Gasteiger partial charge in [0.15, 0.2) is 0 Å². The minimum absolute atomic E-state index is 0.340. The molecule has 2 aromatic carbocycles. The molecule has 0 aromatic heterocycles. The number of hydrogen-bond acceptors (Lipinski definition) is 4. The van der Waals surface area contributed by atoms with Crippen LogP contribution in [0.2, 0.25) is 0 Å². The molecule has 0 unspecified atom stereocenters. The van der Waals surface area contributed by atoms with Gasteiger partial charge in [0.05, 0.1) is 7.11 Å². The number of carbonyl (C=O) groups excluding carboxylic acids is 2. The van der Waals surface area contributed by atoms with E-state index in [1.165, 1.54) is 0 Å². The van der Waals surface area contributed by atoms with Crippen molar-refractivity contribution in [2.45, 2.75) is 32.8 Å². The molecule has 0 saturated carbocycles. The van der Waals surface area contributed by atoms with Crippen LogP contribution in [-0.2, 0) is 11.2 Å². The van der Waals surface area contributed by atoms with E-state index < -0.39 is 11.7 Å². The average molecular weight is 385 g/mol. The van der Waals surface area contributed by atoms with Gasteiger partial charge in [0, 0.05) is 24.0 Å². The summed E-state index contributed by atoms with van der Waals surface area (Å²) in [6.45, 7) is 5.94. The first-order chi connectivity index (χ1) is 13.2. The smallest absolute Gasteiger partial charge is 0.407 e. The highest BCUT2D eigenvalue weighted by Crippen LogP contribution is 2.17. The highest BCUT2D eigenvalue weighted by molar-refractivity contribution is 5.99. The van der Waals surface area contributed by atoms with Gasteiger partial charge in [0.25, 0.3) is 0 Å². The fourth-order valence-corrected chi connectivity index (χ4v) is 2.37. The summed E-state index contributed by atoms with van der Waals surface area (Å²) in [5.41, 5.74) is 1.84. The van der Waals surface area contributed by atoms with Crippen molar-refractivity contribution in [2.75, 3.05) is 24.3 Å². The van der Waals surface area contributed by atoms with Gasteiger partial charge >= 0.3 is 12.1 Å². The van der Waals surface area contributed by atoms with Gasteiger partial charge in [-0.1, -0.05) is 18.2 Å².